The molecule has 0 aromatic heterocycles. The lowest BCUT2D eigenvalue weighted by Gasteiger charge is -2.38. The van der Waals surface area contributed by atoms with Crippen LogP contribution < -0.4 is 15.4 Å². The summed E-state index contributed by atoms with van der Waals surface area (Å²) in [6.45, 7) is 5.95. The second-order valence-electron chi connectivity index (χ2n) is 7.45. The quantitative estimate of drug-likeness (QED) is 0.553. The van der Waals surface area contributed by atoms with Crippen LogP contribution in [-0.2, 0) is 6.18 Å². The van der Waals surface area contributed by atoms with Gasteiger partial charge in [-0.05, 0) is 62.8 Å². The van der Waals surface area contributed by atoms with Crippen molar-refractivity contribution >= 4 is 34.6 Å². The fraction of sp³-hybridized carbons (Fsp3) is 0.350. The Bertz CT molecular complexity index is 915. The molecule has 2 N–H and O–H groups in total. The van der Waals surface area contributed by atoms with E-state index >= 15 is 0 Å². The minimum atomic E-state index is -4.54. The van der Waals surface area contributed by atoms with Crippen LogP contribution in [0, 0.1) is 6.92 Å². The molecule has 0 spiro atoms. The summed E-state index contributed by atoms with van der Waals surface area (Å²) in [5, 5.41) is 5.89. The molecule has 3 rings (SSSR count). The molecule has 2 aromatic carbocycles. The largest absolute Gasteiger partial charge is 0.487 e. The molecule has 3 nitrogen and oxygen atoms in total. The minimum Gasteiger partial charge on any atom is -0.487 e. The normalized spacial score (nSPS) is 18.0. The highest BCUT2D eigenvalue weighted by Crippen LogP contribution is 2.40. The topological polar surface area (TPSA) is 33.3 Å². The van der Waals surface area contributed by atoms with E-state index in [1.165, 1.54) is 12.1 Å². The van der Waals surface area contributed by atoms with E-state index in [1.54, 1.807) is 0 Å². The molecule has 0 bridgehead atoms. The smallest absolute Gasteiger partial charge is 0.417 e. The van der Waals surface area contributed by atoms with Gasteiger partial charge in [0.1, 0.15) is 11.4 Å². The van der Waals surface area contributed by atoms with Crippen molar-refractivity contribution in [3.05, 3.63) is 58.1 Å². The van der Waals surface area contributed by atoms with Gasteiger partial charge in [0.15, 0.2) is 5.11 Å². The molecule has 2 aromatic rings. The van der Waals surface area contributed by atoms with E-state index in [1.807, 2.05) is 39.0 Å². The van der Waals surface area contributed by atoms with Gasteiger partial charge in [-0.1, -0.05) is 23.7 Å². The van der Waals surface area contributed by atoms with Crippen molar-refractivity contribution in [2.24, 2.45) is 0 Å². The van der Waals surface area contributed by atoms with Gasteiger partial charge in [-0.15, -0.1) is 0 Å². The monoisotopic (exact) mass is 428 g/mol. The summed E-state index contributed by atoms with van der Waals surface area (Å²) in [5.74, 6) is 0.780. The maximum Gasteiger partial charge on any atom is 0.417 e. The first kappa shape index (κ1) is 20.7. The van der Waals surface area contributed by atoms with Crippen molar-refractivity contribution in [2.45, 2.75) is 45.0 Å². The number of alkyl halides is 3. The first-order chi connectivity index (χ1) is 12.9. The van der Waals surface area contributed by atoms with E-state index in [4.69, 9.17) is 28.6 Å². The van der Waals surface area contributed by atoms with Gasteiger partial charge in [-0.25, -0.2) is 0 Å². The van der Waals surface area contributed by atoms with Crippen LogP contribution in [0.15, 0.2) is 36.4 Å². The molecule has 1 aliphatic heterocycles. The van der Waals surface area contributed by atoms with Gasteiger partial charge in [-0.2, -0.15) is 13.2 Å². The molecule has 0 unspecified atom stereocenters. The number of aryl methyl sites for hydroxylation is 1. The van der Waals surface area contributed by atoms with Crippen molar-refractivity contribution in [3.8, 4) is 5.75 Å². The number of rotatable bonds is 2. The summed E-state index contributed by atoms with van der Waals surface area (Å²) < 4.78 is 45.2. The van der Waals surface area contributed by atoms with E-state index in [0.29, 0.717) is 6.42 Å². The summed E-state index contributed by atoms with van der Waals surface area (Å²) in [7, 11) is 0. The lowest BCUT2D eigenvalue weighted by atomic mass is 9.89. The molecule has 0 saturated carbocycles. The number of hydrogen-bond donors (Lipinski definition) is 2. The predicted octanol–water partition coefficient (Wildman–Crippen LogP) is 6.26. The molecular formula is C20H20ClF3N2OS. The van der Waals surface area contributed by atoms with Crippen LogP contribution in [0.1, 0.15) is 43.0 Å². The molecule has 0 radical (unpaired) electrons. The van der Waals surface area contributed by atoms with Crippen molar-refractivity contribution in [2.75, 3.05) is 5.32 Å². The average Bonchev–Trinajstić information content (AvgIpc) is 2.54. The Labute approximate surface area is 172 Å². The number of nitrogens with one attached hydrogen (secondary N) is 2. The lowest BCUT2D eigenvalue weighted by Crippen LogP contribution is -2.42. The standard InChI is InChI=1S/C20H20ClF3N2OS/c1-11-4-6-13-16(10-19(2,3)27-17(13)8-11)26-18(28)25-12-5-7-15(21)14(9-12)20(22,23)24/h4-9,16H,10H2,1-3H3,(H2,25,26,28)/t16-/m1/s1. The van der Waals surface area contributed by atoms with E-state index in [2.05, 4.69) is 10.6 Å². The summed E-state index contributed by atoms with van der Waals surface area (Å²) in [6.07, 6.45) is -3.88. The third kappa shape index (κ3) is 4.70. The summed E-state index contributed by atoms with van der Waals surface area (Å²) in [4.78, 5) is 0. The maximum atomic E-state index is 13.0. The highest BCUT2D eigenvalue weighted by molar-refractivity contribution is 7.80. The van der Waals surface area contributed by atoms with E-state index in [0.717, 1.165) is 22.9 Å². The molecule has 8 heteroatoms. The molecule has 150 valence electrons. The molecule has 0 saturated heterocycles. The van der Waals surface area contributed by atoms with Gasteiger partial charge in [0, 0.05) is 17.7 Å². The number of fused-ring (bicyclic) bond motifs is 1. The molecule has 0 aliphatic carbocycles. The van der Waals surface area contributed by atoms with Crippen molar-refractivity contribution in [1.29, 1.82) is 0 Å². The molecular weight excluding hydrogens is 409 g/mol. The van der Waals surface area contributed by atoms with Gasteiger partial charge >= 0.3 is 6.18 Å². The number of anilines is 1. The van der Waals surface area contributed by atoms with Crippen LogP contribution in [0.3, 0.4) is 0 Å². The lowest BCUT2D eigenvalue weighted by molar-refractivity contribution is -0.137. The van der Waals surface area contributed by atoms with Gasteiger partial charge in [0.2, 0.25) is 0 Å². The Morgan fingerprint density at radius 3 is 2.61 bits per heavy atom. The number of benzene rings is 2. The SMILES string of the molecule is Cc1ccc2c(c1)OC(C)(C)C[C@H]2NC(=S)Nc1ccc(Cl)c(C(F)(F)F)c1. The molecule has 0 amide bonds. The van der Waals surface area contributed by atoms with Crippen LogP contribution in [0.2, 0.25) is 5.02 Å². The Hall–Kier alpha value is -1.99. The van der Waals surface area contributed by atoms with E-state index < -0.39 is 17.3 Å². The van der Waals surface area contributed by atoms with Crippen molar-refractivity contribution < 1.29 is 17.9 Å². The second-order valence-corrected chi connectivity index (χ2v) is 8.27. The Morgan fingerprint density at radius 1 is 1.21 bits per heavy atom. The third-order valence-electron chi connectivity index (χ3n) is 4.46. The molecule has 1 atom stereocenters. The van der Waals surface area contributed by atoms with Gasteiger partial charge < -0.3 is 15.4 Å². The molecule has 28 heavy (non-hydrogen) atoms. The minimum absolute atomic E-state index is 0.131. The zero-order valence-corrected chi connectivity index (χ0v) is 17.1. The maximum absolute atomic E-state index is 13.0. The fourth-order valence-electron chi connectivity index (χ4n) is 3.23. The van der Waals surface area contributed by atoms with Gasteiger partial charge in [0.25, 0.3) is 0 Å². The number of halogens is 4. The molecule has 0 fully saturated rings. The Balaban J connectivity index is 1.79. The van der Waals surface area contributed by atoms with Gasteiger partial charge in [-0.3, -0.25) is 0 Å². The van der Waals surface area contributed by atoms with Gasteiger partial charge in [0.05, 0.1) is 16.6 Å². The average molecular weight is 429 g/mol. The van der Waals surface area contributed by atoms with Crippen LogP contribution >= 0.6 is 23.8 Å². The fourth-order valence-corrected chi connectivity index (χ4v) is 3.72. The van der Waals surface area contributed by atoms with Crippen LogP contribution in [0.25, 0.3) is 0 Å². The second kappa shape index (κ2) is 7.44. The molecule has 1 aliphatic rings. The number of thiocarbonyl (C=S) groups is 1. The highest BCUT2D eigenvalue weighted by atomic mass is 35.5. The van der Waals surface area contributed by atoms with Crippen molar-refractivity contribution in [3.63, 3.8) is 0 Å². The van der Waals surface area contributed by atoms with Crippen LogP contribution in [0.5, 0.6) is 5.75 Å². The number of hydrogen-bond acceptors (Lipinski definition) is 2. The van der Waals surface area contributed by atoms with Crippen LogP contribution in [0.4, 0.5) is 18.9 Å². The van der Waals surface area contributed by atoms with E-state index in [-0.39, 0.29) is 21.9 Å². The highest BCUT2D eigenvalue weighted by Gasteiger charge is 2.35. The van der Waals surface area contributed by atoms with Crippen LogP contribution in [-0.4, -0.2) is 10.7 Å². The molecule has 1 heterocycles. The summed E-state index contributed by atoms with van der Waals surface area (Å²) in [5.41, 5.74) is 0.940. The number of ether oxygens (including phenoxy) is 1. The van der Waals surface area contributed by atoms with Crippen molar-refractivity contribution in [1.82, 2.24) is 5.32 Å². The third-order valence-corrected chi connectivity index (χ3v) is 5.01. The van der Waals surface area contributed by atoms with E-state index in [9.17, 15) is 13.2 Å². The predicted molar refractivity (Wildman–Crippen MR) is 109 cm³/mol. The Kier molecular flexibility index (Phi) is 5.51. The summed E-state index contributed by atoms with van der Waals surface area (Å²) >= 11 is 11.0. The zero-order chi connectivity index (χ0) is 20.7. The summed E-state index contributed by atoms with van der Waals surface area (Å²) in [6, 6.07) is 9.40. The zero-order valence-electron chi connectivity index (χ0n) is 15.6. The first-order valence-corrected chi connectivity index (χ1v) is 9.47. The Morgan fingerprint density at radius 2 is 1.93 bits per heavy atom. The first-order valence-electron chi connectivity index (χ1n) is 8.68.